The molecule has 2 aliphatic heterocycles. The van der Waals surface area contributed by atoms with Crippen LogP contribution in [0.2, 0.25) is 10.0 Å². The molecule has 2 aromatic rings. The maximum absolute atomic E-state index is 13.0. The largest absolute Gasteiger partial charge is 0.477 e. The summed E-state index contributed by atoms with van der Waals surface area (Å²) >= 11 is 12.2. The van der Waals surface area contributed by atoms with Gasteiger partial charge in [0.25, 0.3) is 5.91 Å². The molecule has 0 aromatic heterocycles. The van der Waals surface area contributed by atoms with Gasteiger partial charge in [-0.2, -0.15) is 0 Å². The van der Waals surface area contributed by atoms with Crippen LogP contribution in [0.4, 0.5) is 11.4 Å². The van der Waals surface area contributed by atoms with Crippen LogP contribution in [-0.2, 0) is 9.59 Å². The van der Waals surface area contributed by atoms with E-state index in [4.69, 9.17) is 27.9 Å². The highest BCUT2D eigenvalue weighted by Crippen LogP contribution is 2.34. The van der Waals surface area contributed by atoms with Crippen molar-refractivity contribution in [3.63, 3.8) is 0 Å². The number of hydrogen-bond acceptors (Lipinski definition) is 4. The molecule has 2 heterocycles. The number of carbonyl (C=O) groups is 2. The van der Waals surface area contributed by atoms with Crippen molar-refractivity contribution in [2.24, 2.45) is 0 Å². The third-order valence-corrected chi connectivity index (χ3v) is 5.91. The van der Waals surface area contributed by atoms with Crippen LogP contribution in [0.25, 0.3) is 0 Å². The molecule has 2 amide bonds. The number of ether oxygens (including phenoxy) is 1. The number of benzene rings is 2. The predicted molar refractivity (Wildman–Crippen MR) is 119 cm³/mol. The third kappa shape index (κ3) is 4.65. The molecule has 1 atom stereocenters. The molecule has 1 fully saturated rings. The van der Waals surface area contributed by atoms with E-state index in [1.54, 1.807) is 18.2 Å². The molecule has 2 aliphatic rings. The van der Waals surface area contributed by atoms with Crippen molar-refractivity contribution in [1.82, 2.24) is 4.90 Å². The summed E-state index contributed by atoms with van der Waals surface area (Å²) in [5.41, 5.74) is 1.24. The van der Waals surface area contributed by atoms with Gasteiger partial charge in [-0.05, 0) is 49.6 Å². The number of hydrogen-bond donors (Lipinski definition) is 1. The van der Waals surface area contributed by atoms with E-state index in [1.165, 1.54) is 0 Å². The minimum Gasteiger partial charge on any atom is -0.477 e. The first-order valence-corrected chi connectivity index (χ1v) is 10.8. The van der Waals surface area contributed by atoms with Crippen LogP contribution in [0.15, 0.2) is 42.5 Å². The SMILES string of the molecule is O=C(CN1CC(C(=O)N2CCCCC2)Oc2ccccc21)Nc1cc(Cl)ccc1Cl. The fourth-order valence-corrected chi connectivity index (χ4v) is 4.20. The van der Waals surface area contributed by atoms with E-state index in [-0.39, 0.29) is 18.4 Å². The minimum atomic E-state index is -0.638. The number of nitrogens with zero attached hydrogens (tertiary/aromatic N) is 2. The summed E-state index contributed by atoms with van der Waals surface area (Å²) in [5, 5.41) is 3.70. The molecule has 1 N–H and O–H groups in total. The zero-order chi connectivity index (χ0) is 21.1. The van der Waals surface area contributed by atoms with Gasteiger partial charge in [-0.15, -0.1) is 0 Å². The summed E-state index contributed by atoms with van der Waals surface area (Å²) in [6.07, 6.45) is 2.54. The first-order valence-electron chi connectivity index (χ1n) is 10.1. The van der Waals surface area contributed by atoms with Gasteiger partial charge in [0.15, 0.2) is 6.10 Å². The second-order valence-corrected chi connectivity index (χ2v) is 8.36. The van der Waals surface area contributed by atoms with E-state index < -0.39 is 6.10 Å². The Morgan fingerprint density at radius 2 is 1.83 bits per heavy atom. The van der Waals surface area contributed by atoms with Crippen molar-refractivity contribution in [3.8, 4) is 5.75 Å². The van der Waals surface area contributed by atoms with Gasteiger partial charge in [-0.3, -0.25) is 9.59 Å². The smallest absolute Gasteiger partial charge is 0.265 e. The number of likely N-dealkylation sites (tertiary alicyclic amines) is 1. The lowest BCUT2D eigenvalue weighted by Gasteiger charge is -2.38. The van der Waals surface area contributed by atoms with Gasteiger partial charge < -0.3 is 19.9 Å². The Morgan fingerprint density at radius 1 is 1.07 bits per heavy atom. The number of nitrogens with one attached hydrogen (secondary N) is 1. The number of anilines is 2. The molecule has 0 spiro atoms. The average molecular weight is 448 g/mol. The number of halogens is 2. The third-order valence-electron chi connectivity index (χ3n) is 5.34. The molecular weight excluding hydrogens is 425 g/mol. The van der Waals surface area contributed by atoms with Crippen molar-refractivity contribution in [2.45, 2.75) is 25.4 Å². The van der Waals surface area contributed by atoms with Crippen LogP contribution >= 0.6 is 23.2 Å². The highest BCUT2D eigenvalue weighted by atomic mass is 35.5. The highest BCUT2D eigenvalue weighted by molar-refractivity contribution is 6.35. The summed E-state index contributed by atoms with van der Waals surface area (Å²) in [6, 6.07) is 12.4. The van der Waals surface area contributed by atoms with Crippen LogP contribution in [0.3, 0.4) is 0 Å². The van der Waals surface area contributed by atoms with E-state index in [0.29, 0.717) is 28.0 Å². The van der Waals surface area contributed by atoms with Gasteiger partial charge in [0.1, 0.15) is 5.75 Å². The van der Waals surface area contributed by atoms with Crippen molar-refractivity contribution < 1.29 is 14.3 Å². The number of amides is 2. The first-order chi connectivity index (χ1) is 14.5. The van der Waals surface area contributed by atoms with Gasteiger partial charge in [0.05, 0.1) is 29.5 Å². The average Bonchev–Trinajstić information content (AvgIpc) is 2.76. The number of para-hydroxylation sites is 2. The monoisotopic (exact) mass is 447 g/mol. The number of piperidine rings is 1. The lowest BCUT2D eigenvalue weighted by molar-refractivity contribution is -0.139. The van der Waals surface area contributed by atoms with Crippen LogP contribution in [0.1, 0.15) is 19.3 Å². The Bertz CT molecular complexity index is 947. The maximum atomic E-state index is 13.0. The number of fused-ring (bicyclic) bond motifs is 1. The standard InChI is InChI=1S/C22H23Cl2N3O3/c23-15-8-9-16(24)17(12-15)25-21(28)14-27-13-20(22(29)26-10-4-1-5-11-26)30-19-7-3-2-6-18(19)27/h2-3,6-9,12,20H,1,4-5,10-11,13-14H2,(H,25,28). The summed E-state index contributed by atoms with van der Waals surface area (Å²) in [5.74, 6) is 0.334. The molecule has 8 heteroatoms. The lowest BCUT2D eigenvalue weighted by Crippen LogP contribution is -2.52. The molecule has 2 aromatic carbocycles. The first kappa shape index (κ1) is 20.8. The molecule has 4 rings (SSSR count). The molecule has 6 nitrogen and oxygen atoms in total. The van der Waals surface area contributed by atoms with E-state index in [2.05, 4.69) is 5.32 Å². The molecule has 1 saturated heterocycles. The summed E-state index contributed by atoms with van der Waals surface area (Å²) in [7, 11) is 0. The molecule has 0 bridgehead atoms. The molecular formula is C22H23Cl2N3O3. The predicted octanol–water partition coefficient (Wildman–Crippen LogP) is 4.21. The maximum Gasteiger partial charge on any atom is 0.265 e. The molecule has 0 radical (unpaired) electrons. The second kappa shape index (κ2) is 9.14. The van der Waals surface area contributed by atoms with Crippen LogP contribution in [0.5, 0.6) is 5.75 Å². The van der Waals surface area contributed by atoms with Gasteiger partial charge in [0.2, 0.25) is 5.91 Å². The summed E-state index contributed by atoms with van der Waals surface area (Å²) in [6.45, 7) is 1.89. The number of carbonyl (C=O) groups excluding carboxylic acids is 2. The van der Waals surface area contributed by atoms with Crippen LogP contribution in [0, 0.1) is 0 Å². The van der Waals surface area contributed by atoms with Gasteiger partial charge in [-0.1, -0.05) is 35.3 Å². The van der Waals surface area contributed by atoms with Gasteiger partial charge in [-0.25, -0.2) is 0 Å². The van der Waals surface area contributed by atoms with Crippen molar-refractivity contribution in [3.05, 3.63) is 52.5 Å². The molecule has 158 valence electrons. The van der Waals surface area contributed by atoms with Crippen molar-refractivity contribution >= 4 is 46.4 Å². The highest BCUT2D eigenvalue weighted by Gasteiger charge is 2.34. The Kier molecular flexibility index (Phi) is 6.35. The van der Waals surface area contributed by atoms with E-state index in [1.807, 2.05) is 34.1 Å². The van der Waals surface area contributed by atoms with Crippen LogP contribution < -0.4 is 15.0 Å². The molecule has 0 saturated carbocycles. The second-order valence-electron chi connectivity index (χ2n) is 7.51. The van der Waals surface area contributed by atoms with E-state index in [0.717, 1.165) is 38.0 Å². The van der Waals surface area contributed by atoms with Crippen molar-refractivity contribution in [1.29, 1.82) is 0 Å². The van der Waals surface area contributed by atoms with Gasteiger partial charge in [0, 0.05) is 18.1 Å². The fraction of sp³-hybridized carbons (Fsp3) is 0.364. The molecule has 0 aliphatic carbocycles. The minimum absolute atomic E-state index is 0.0208. The lowest BCUT2D eigenvalue weighted by atomic mass is 10.1. The Hall–Kier alpha value is -2.44. The zero-order valence-electron chi connectivity index (χ0n) is 16.4. The van der Waals surface area contributed by atoms with Crippen molar-refractivity contribution in [2.75, 3.05) is 36.4 Å². The summed E-state index contributed by atoms with van der Waals surface area (Å²) < 4.78 is 6.01. The molecule has 30 heavy (non-hydrogen) atoms. The van der Waals surface area contributed by atoms with Crippen LogP contribution in [-0.4, -0.2) is 49.0 Å². The Morgan fingerprint density at radius 3 is 2.63 bits per heavy atom. The zero-order valence-corrected chi connectivity index (χ0v) is 18.0. The van der Waals surface area contributed by atoms with E-state index in [9.17, 15) is 9.59 Å². The molecule has 1 unspecified atom stereocenters. The van der Waals surface area contributed by atoms with E-state index >= 15 is 0 Å². The van der Waals surface area contributed by atoms with Gasteiger partial charge >= 0.3 is 0 Å². The quantitative estimate of drug-likeness (QED) is 0.762. The number of rotatable bonds is 4. The Balaban J connectivity index is 1.50. The normalized spacial score (nSPS) is 18.4. The Labute approximate surface area is 185 Å². The topological polar surface area (TPSA) is 61.9 Å². The fourth-order valence-electron chi connectivity index (χ4n) is 3.86. The summed E-state index contributed by atoms with van der Waals surface area (Å²) in [4.78, 5) is 29.5.